The zero-order valence-electron chi connectivity index (χ0n) is 9.76. The van der Waals surface area contributed by atoms with Crippen LogP contribution in [0.15, 0.2) is 21.7 Å². The van der Waals surface area contributed by atoms with Crippen LogP contribution in [-0.2, 0) is 4.74 Å². The Morgan fingerprint density at radius 1 is 1.17 bits per heavy atom. The highest BCUT2D eigenvalue weighted by Gasteiger charge is 2.15. The minimum Gasteiger partial charge on any atom is -0.454 e. The van der Waals surface area contributed by atoms with Gasteiger partial charge in [0, 0.05) is 10.0 Å². The first-order valence-electron chi connectivity index (χ1n) is 5.79. The Morgan fingerprint density at radius 3 is 2.67 bits per heavy atom. The minimum atomic E-state index is 0.284. The molecule has 0 spiro atoms. The molecule has 2 heterocycles. The SMILES string of the molecule is Brc1cc2c(cc1/C=N\N1CCOCC1)OCO2. The zero-order valence-corrected chi connectivity index (χ0v) is 11.4. The molecule has 5 nitrogen and oxygen atoms in total. The van der Waals surface area contributed by atoms with Gasteiger partial charge in [0.1, 0.15) is 0 Å². The summed E-state index contributed by atoms with van der Waals surface area (Å²) < 4.78 is 16.9. The van der Waals surface area contributed by atoms with Gasteiger partial charge in [-0.25, -0.2) is 0 Å². The third-order valence-corrected chi connectivity index (χ3v) is 3.53. The van der Waals surface area contributed by atoms with E-state index in [0.29, 0.717) is 0 Å². The van der Waals surface area contributed by atoms with Crippen molar-refractivity contribution in [2.45, 2.75) is 0 Å². The summed E-state index contributed by atoms with van der Waals surface area (Å²) in [4.78, 5) is 0. The van der Waals surface area contributed by atoms with Gasteiger partial charge in [0.15, 0.2) is 11.5 Å². The molecule has 2 aliphatic heterocycles. The number of fused-ring (bicyclic) bond motifs is 1. The van der Waals surface area contributed by atoms with Crippen molar-refractivity contribution in [3.8, 4) is 11.5 Å². The summed E-state index contributed by atoms with van der Waals surface area (Å²) in [6.07, 6.45) is 1.83. The van der Waals surface area contributed by atoms with Crippen LogP contribution in [0.5, 0.6) is 11.5 Å². The average molecular weight is 313 g/mol. The summed E-state index contributed by atoms with van der Waals surface area (Å²) in [6, 6.07) is 3.83. The summed E-state index contributed by atoms with van der Waals surface area (Å²) >= 11 is 3.50. The van der Waals surface area contributed by atoms with Crippen LogP contribution in [0.3, 0.4) is 0 Å². The number of hydrazone groups is 1. The largest absolute Gasteiger partial charge is 0.454 e. The lowest BCUT2D eigenvalue weighted by Crippen LogP contribution is -2.32. The molecule has 0 N–H and O–H groups in total. The van der Waals surface area contributed by atoms with Crippen molar-refractivity contribution in [3.63, 3.8) is 0 Å². The Labute approximate surface area is 113 Å². The summed E-state index contributed by atoms with van der Waals surface area (Å²) in [5, 5.41) is 6.44. The Balaban J connectivity index is 1.77. The molecule has 0 atom stereocenters. The number of rotatable bonds is 2. The molecule has 96 valence electrons. The summed E-state index contributed by atoms with van der Waals surface area (Å²) in [6.45, 7) is 3.42. The standard InChI is InChI=1S/C12H13BrN2O3/c13-10-6-12-11(17-8-18-12)5-9(10)7-14-15-1-3-16-4-2-15/h5-7H,1-4,8H2/b14-7-. The number of halogens is 1. The van der Waals surface area contributed by atoms with Gasteiger partial charge in [-0.15, -0.1) is 0 Å². The van der Waals surface area contributed by atoms with Gasteiger partial charge in [0.05, 0.1) is 32.5 Å². The molecule has 1 fully saturated rings. The van der Waals surface area contributed by atoms with E-state index in [2.05, 4.69) is 21.0 Å². The number of morpholine rings is 1. The molecule has 6 heteroatoms. The van der Waals surface area contributed by atoms with Crippen LogP contribution in [0.25, 0.3) is 0 Å². The van der Waals surface area contributed by atoms with Crippen LogP contribution in [0.4, 0.5) is 0 Å². The molecule has 1 aromatic carbocycles. The predicted molar refractivity (Wildman–Crippen MR) is 70.3 cm³/mol. The number of hydrogen-bond donors (Lipinski definition) is 0. The van der Waals surface area contributed by atoms with Crippen LogP contribution >= 0.6 is 15.9 Å². The molecule has 0 saturated carbocycles. The summed E-state index contributed by atoms with van der Waals surface area (Å²) in [5.41, 5.74) is 0.978. The first kappa shape index (κ1) is 11.8. The van der Waals surface area contributed by atoms with Gasteiger partial charge >= 0.3 is 0 Å². The van der Waals surface area contributed by atoms with Crippen LogP contribution in [-0.4, -0.2) is 44.3 Å². The normalized spacial score (nSPS) is 18.6. The fourth-order valence-corrected chi connectivity index (χ4v) is 2.27. The van der Waals surface area contributed by atoms with Gasteiger partial charge in [-0.3, -0.25) is 5.01 Å². The Morgan fingerprint density at radius 2 is 1.89 bits per heavy atom. The second-order valence-corrected chi connectivity index (χ2v) is 4.89. The van der Waals surface area contributed by atoms with Crippen molar-refractivity contribution in [1.82, 2.24) is 5.01 Å². The third kappa shape index (κ3) is 2.44. The second-order valence-electron chi connectivity index (χ2n) is 4.04. The van der Waals surface area contributed by atoms with Gasteiger partial charge < -0.3 is 14.2 Å². The molecule has 1 aromatic rings. The maximum atomic E-state index is 5.35. The van der Waals surface area contributed by atoms with Crippen molar-refractivity contribution in [2.24, 2.45) is 5.10 Å². The molecule has 0 bridgehead atoms. The monoisotopic (exact) mass is 312 g/mol. The third-order valence-electron chi connectivity index (χ3n) is 2.84. The van der Waals surface area contributed by atoms with Crippen molar-refractivity contribution in [3.05, 3.63) is 22.2 Å². The maximum absolute atomic E-state index is 5.35. The van der Waals surface area contributed by atoms with E-state index in [1.54, 1.807) is 0 Å². The molecule has 2 aliphatic rings. The fourth-order valence-electron chi connectivity index (χ4n) is 1.84. The zero-order chi connectivity index (χ0) is 12.4. The number of nitrogens with zero attached hydrogens (tertiary/aromatic N) is 2. The lowest BCUT2D eigenvalue weighted by Gasteiger charge is -2.23. The maximum Gasteiger partial charge on any atom is 0.231 e. The topological polar surface area (TPSA) is 43.3 Å². The average Bonchev–Trinajstić information content (AvgIpc) is 2.84. The van der Waals surface area contributed by atoms with E-state index in [4.69, 9.17) is 14.2 Å². The molecule has 0 aromatic heterocycles. The van der Waals surface area contributed by atoms with E-state index in [0.717, 1.165) is 47.8 Å². The van der Waals surface area contributed by atoms with Crippen LogP contribution in [0, 0.1) is 0 Å². The smallest absolute Gasteiger partial charge is 0.231 e. The van der Waals surface area contributed by atoms with E-state index in [1.165, 1.54) is 0 Å². The quantitative estimate of drug-likeness (QED) is 0.782. The Hall–Kier alpha value is -1.27. The van der Waals surface area contributed by atoms with E-state index < -0.39 is 0 Å². The molecule has 0 radical (unpaired) electrons. The summed E-state index contributed by atoms with van der Waals surface area (Å²) in [7, 11) is 0. The minimum absolute atomic E-state index is 0.284. The van der Waals surface area contributed by atoms with Gasteiger partial charge in [0.2, 0.25) is 6.79 Å². The van der Waals surface area contributed by atoms with Gasteiger partial charge in [0.25, 0.3) is 0 Å². The molecule has 3 rings (SSSR count). The molecular formula is C12H13BrN2O3. The molecule has 0 unspecified atom stereocenters. The van der Waals surface area contributed by atoms with E-state index in [-0.39, 0.29) is 6.79 Å². The van der Waals surface area contributed by atoms with Crippen molar-refractivity contribution in [1.29, 1.82) is 0 Å². The van der Waals surface area contributed by atoms with Crippen LogP contribution in [0.1, 0.15) is 5.56 Å². The predicted octanol–water partition coefficient (Wildman–Crippen LogP) is 1.84. The molecule has 1 saturated heterocycles. The molecule has 0 amide bonds. The second kappa shape index (κ2) is 5.16. The number of ether oxygens (including phenoxy) is 3. The number of benzene rings is 1. The van der Waals surface area contributed by atoms with Gasteiger partial charge in [-0.2, -0.15) is 5.10 Å². The van der Waals surface area contributed by atoms with Gasteiger partial charge in [-0.1, -0.05) is 0 Å². The van der Waals surface area contributed by atoms with Crippen LogP contribution in [0.2, 0.25) is 0 Å². The highest BCUT2D eigenvalue weighted by Crippen LogP contribution is 2.36. The summed E-state index contributed by atoms with van der Waals surface area (Å²) in [5.74, 6) is 1.53. The van der Waals surface area contributed by atoms with E-state index >= 15 is 0 Å². The first-order valence-corrected chi connectivity index (χ1v) is 6.58. The highest BCUT2D eigenvalue weighted by molar-refractivity contribution is 9.10. The Bertz CT molecular complexity index is 473. The first-order chi connectivity index (χ1) is 8.83. The number of hydrogen-bond acceptors (Lipinski definition) is 5. The van der Waals surface area contributed by atoms with E-state index in [9.17, 15) is 0 Å². The lowest BCUT2D eigenvalue weighted by atomic mass is 10.2. The Kier molecular flexibility index (Phi) is 3.38. The van der Waals surface area contributed by atoms with Crippen LogP contribution < -0.4 is 9.47 Å². The van der Waals surface area contributed by atoms with Crippen molar-refractivity contribution in [2.75, 3.05) is 33.1 Å². The highest BCUT2D eigenvalue weighted by atomic mass is 79.9. The van der Waals surface area contributed by atoms with E-state index in [1.807, 2.05) is 23.4 Å². The van der Waals surface area contributed by atoms with Crippen molar-refractivity contribution < 1.29 is 14.2 Å². The molecule has 18 heavy (non-hydrogen) atoms. The molecule has 0 aliphatic carbocycles. The lowest BCUT2D eigenvalue weighted by molar-refractivity contribution is 0.0397. The molecular weight excluding hydrogens is 300 g/mol. The van der Waals surface area contributed by atoms with Gasteiger partial charge in [-0.05, 0) is 28.1 Å². The fraction of sp³-hybridized carbons (Fsp3) is 0.417. The van der Waals surface area contributed by atoms with Crippen molar-refractivity contribution >= 4 is 22.1 Å².